The van der Waals surface area contributed by atoms with Crippen molar-refractivity contribution in [3.05, 3.63) is 29.8 Å². The van der Waals surface area contributed by atoms with E-state index in [4.69, 9.17) is 14.2 Å². The fourth-order valence-corrected chi connectivity index (χ4v) is 2.66. The molecule has 0 saturated carbocycles. The third-order valence-corrected chi connectivity index (χ3v) is 4.12. The number of hydrogen-bond acceptors (Lipinski definition) is 4. The molecule has 1 N–H and O–H groups in total. The van der Waals surface area contributed by atoms with Crippen LogP contribution < -0.4 is 4.74 Å². The van der Waals surface area contributed by atoms with Gasteiger partial charge in [-0.3, -0.25) is 0 Å². The van der Waals surface area contributed by atoms with E-state index >= 15 is 0 Å². The number of rotatable bonds is 9. The molecule has 0 amide bonds. The SMILES string of the molecule is CC(C)(O)C#Cc1ccc(OCCCCCCOC2CCCCO2)cc1. The predicted molar refractivity (Wildman–Crippen MR) is 103 cm³/mol. The maximum atomic E-state index is 9.61. The minimum atomic E-state index is -0.969. The molecule has 4 heteroatoms. The van der Waals surface area contributed by atoms with Crippen molar-refractivity contribution in [3.8, 4) is 17.6 Å². The summed E-state index contributed by atoms with van der Waals surface area (Å²) in [6, 6.07) is 7.68. The topological polar surface area (TPSA) is 47.9 Å². The van der Waals surface area contributed by atoms with Crippen molar-refractivity contribution in [2.24, 2.45) is 0 Å². The maximum absolute atomic E-state index is 9.61. The zero-order valence-corrected chi connectivity index (χ0v) is 16.1. The van der Waals surface area contributed by atoms with Gasteiger partial charge in [0.2, 0.25) is 0 Å². The first-order valence-electron chi connectivity index (χ1n) is 9.74. The summed E-state index contributed by atoms with van der Waals surface area (Å²) in [4.78, 5) is 0. The van der Waals surface area contributed by atoms with E-state index in [1.54, 1.807) is 13.8 Å². The standard InChI is InChI=1S/C22H32O4/c1-22(2,23)15-14-19-10-12-20(13-11-19)24-16-6-3-4-7-17-25-21-9-5-8-18-26-21/h10-13,21,23H,3-9,16-18H2,1-2H3. The van der Waals surface area contributed by atoms with E-state index in [0.717, 1.165) is 69.7 Å². The molecule has 0 aliphatic carbocycles. The lowest BCUT2D eigenvalue weighted by atomic mass is 10.1. The lowest BCUT2D eigenvalue weighted by Gasteiger charge is -2.22. The summed E-state index contributed by atoms with van der Waals surface area (Å²) in [5.41, 5.74) is -0.0923. The molecule has 2 rings (SSSR count). The van der Waals surface area contributed by atoms with Crippen LogP contribution in [0.15, 0.2) is 24.3 Å². The van der Waals surface area contributed by atoms with Crippen LogP contribution in [0, 0.1) is 11.8 Å². The molecule has 1 unspecified atom stereocenters. The second-order valence-corrected chi connectivity index (χ2v) is 7.26. The van der Waals surface area contributed by atoms with E-state index in [1.807, 2.05) is 24.3 Å². The quantitative estimate of drug-likeness (QED) is 0.527. The van der Waals surface area contributed by atoms with Crippen LogP contribution in [0.3, 0.4) is 0 Å². The third-order valence-electron chi connectivity index (χ3n) is 4.12. The van der Waals surface area contributed by atoms with Gasteiger partial charge in [-0.25, -0.2) is 0 Å². The molecule has 1 saturated heterocycles. The Kier molecular flexibility index (Phi) is 8.97. The van der Waals surface area contributed by atoms with Crippen molar-refractivity contribution in [1.82, 2.24) is 0 Å². The van der Waals surface area contributed by atoms with Crippen molar-refractivity contribution in [2.45, 2.75) is 70.7 Å². The molecule has 144 valence electrons. The molecule has 1 aromatic rings. The van der Waals surface area contributed by atoms with Gasteiger partial charge in [-0.2, -0.15) is 0 Å². The van der Waals surface area contributed by atoms with Gasteiger partial charge in [-0.15, -0.1) is 0 Å². The summed E-state index contributed by atoms with van der Waals surface area (Å²) in [6.07, 6.45) is 7.87. The summed E-state index contributed by atoms with van der Waals surface area (Å²) >= 11 is 0. The highest BCUT2D eigenvalue weighted by atomic mass is 16.7. The molecule has 1 atom stereocenters. The molecule has 0 bridgehead atoms. The van der Waals surface area contributed by atoms with Gasteiger partial charge in [0, 0.05) is 18.8 Å². The Morgan fingerprint density at radius 3 is 2.46 bits per heavy atom. The molecule has 1 aliphatic rings. The zero-order valence-electron chi connectivity index (χ0n) is 16.1. The average Bonchev–Trinajstić information content (AvgIpc) is 2.63. The van der Waals surface area contributed by atoms with Crippen LogP contribution >= 0.6 is 0 Å². The second kappa shape index (κ2) is 11.2. The van der Waals surface area contributed by atoms with E-state index in [-0.39, 0.29) is 6.29 Å². The van der Waals surface area contributed by atoms with Gasteiger partial charge in [0.1, 0.15) is 11.4 Å². The Hall–Kier alpha value is -1.54. The van der Waals surface area contributed by atoms with E-state index in [9.17, 15) is 5.11 Å². The van der Waals surface area contributed by atoms with Gasteiger partial charge >= 0.3 is 0 Å². The highest BCUT2D eigenvalue weighted by molar-refractivity contribution is 5.39. The summed E-state index contributed by atoms with van der Waals surface area (Å²) in [5, 5.41) is 9.61. The highest BCUT2D eigenvalue weighted by Gasteiger charge is 2.13. The van der Waals surface area contributed by atoms with Crippen LogP contribution in [0.4, 0.5) is 0 Å². The lowest BCUT2D eigenvalue weighted by Crippen LogP contribution is -2.22. The molecule has 1 heterocycles. The van der Waals surface area contributed by atoms with Crippen molar-refractivity contribution >= 4 is 0 Å². The average molecular weight is 360 g/mol. The summed E-state index contributed by atoms with van der Waals surface area (Å²) in [5.74, 6) is 6.61. The Balaban J connectivity index is 1.50. The van der Waals surface area contributed by atoms with Crippen LogP contribution in [-0.2, 0) is 9.47 Å². The van der Waals surface area contributed by atoms with Gasteiger partial charge in [-0.1, -0.05) is 18.3 Å². The van der Waals surface area contributed by atoms with Crippen LogP contribution in [0.25, 0.3) is 0 Å². The fraction of sp³-hybridized carbons (Fsp3) is 0.636. The van der Waals surface area contributed by atoms with Gasteiger partial charge < -0.3 is 19.3 Å². The smallest absolute Gasteiger partial charge is 0.157 e. The van der Waals surface area contributed by atoms with Crippen LogP contribution in [-0.4, -0.2) is 36.8 Å². The summed E-state index contributed by atoms with van der Waals surface area (Å²) < 4.78 is 17.0. The van der Waals surface area contributed by atoms with Gasteiger partial charge in [0.15, 0.2) is 6.29 Å². The maximum Gasteiger partial charge on any atom is 0.157 e. The van der Waals surface area contributed by atoms with Crippen molar-refractivity contribution in [2.75, 3.05) is 19.8 Å². The molecular weight excluding hydrogens is 328 g/mol. The minimum Gasteiger partial charge on any atom is -0.494 e. The first kappa shape index (κ1) is 20.8. The normalized spacial score (nSPS) is 17.4. The van der Waals surface area contributed by atoms with E-state index in [0.29, 0.717) is 0 Å². The first-order valence-corrected chi connectivity index (χ1v) is 9.74. The van der Waals surface area contributed by atoms with Gasteiger partial charge in [0.05, 0.1) is 6.61 Å². The lowest BCUT2D eigenvalue weighted by molar-refractivity contribution is -0.162. The molecule has 0 radical (unpaired) electrons. The minimum absolute atomic E-state index is 0.0307. The molecular formula is C22H32O4. The number of aliphatic hydroxyl groups is 1. The van der Waals surface area contributed by atoms with Crippen LogP contribution in [0.5, 0.6) is 5.75 Å². The molecule has 4 nitrogen and oxygen atoms in total. The molecule has 0 spiro atoms. The molecule has 1 aliphatic heterocycles. The van der Waals surface area contributed by atoms with Crippen LogP contribution in [0.2, 0.25) is 0 Å². The molecule has 26 heavy (non-hydrogen) atoms. The van der Waals surface area contributed by atoms with Crippen LogP contribution in [0.1, 0.15) is 64.4 Å². The third kappa shape index (κ3) is 9.24. The Morgan fingerprint density at radius 2 is 1.81 bits per heavy atom. The Bertz CT molecular complexity index is 557. The number of ether oxygens (including phenoxy) is 3. The first-order chi connectivity index (χ1) is 12.5. The summed E-state index contributed by atoms with van der Waals surface area (Å²) in [7, 11) is 0. The van der Waals surface area contributed by atoms with Gasteiger partial charge in [-0.05, 0) is 76.6 Å². The Labute approximate surface area is 157 Å². The number of hydrogen-bond donors (Lipinski definition) is 1. The molecule has 1 aromatic carbocycles. The van der Waals surface area contributed by atoms with E-state index in [1.165, 1.54) is 6.42 Å². The fourth-order valence-electron chi connectivity index (χ4n) is 2.66. The number of benzene rings is 1. The van der Waals surface area contributed by atoms with Crippen molar-refractivity contribution < 1.29 is 19.3 Å². The molecule has 1 fully saturated rings. The van der Waals surface area contributed by atoms with Gasteiger partial charge in [0.25, 0.3) is 0 Å². The Morgan fingerprint density at radius 1 is 1.08 bits per heavy atom. The second-order valence-electron chi connectivity index (χ2n) is 7.26. The van der Waals surface area contributed by atoms with E-state index in [2.05, 4.69) is 11.8 Å². The predicted octanol–water partition coefficient (Wildman–Crippen LogP) is 4.29. The van der Waals surface area contributed by atoms with E-state index < -0.39 is 5.60 Å². The largest absolute Gasteiger partial charge is 0.494 e. The number of unbranched alkanes of at least 4 members (excludes halogenated alkanes) is 3. The summed E-state index contributed by atoms with van der Waals surface area (Å²) in [6.45, 7) is 5.70. The molecule has 0 aromatic heterocycles. The monoisotopic (exact) mass is 360 g/mol. The van der Waals surface area contributed by atoms with Crippen molar-refractivity contribution in [3.63, 3.8) is 0 Å². The zero-order chi connectivity index (χ0) is 18.7. The van der Waals surface area contributed by atoms with Crippen molar-refractivity contribution in [1.29, 1.82) is 0 Å². The highest BCUT2D eigenvalue weighted by Crippen LogP contribution is 2.15.